The third-order valence-corrected chi connectivity index (χ3v) is 3.26. The number of benzene rings is 1. The molecule has 1 N–H and O–H groups in total. The van der Waals surface area contributed by atoms with Crippen molar-refractivity contribution in [3.8, 4) is 5.75 Å². The lowest BCUT2D eigenvalue weighted by molar-refractivity contribution is -0.134. The number of carbonyl (C=O) groups is 2. The van der Waals surface area contributed by atoms with Gasteiger partial charge in [-0.15, -0.1) is 0 Å². The van der Waals surface area contributed by atoms with Crippen molar-refractivity contribution in [2.45, 2.75) is 19.3 Å². The molecule has 0 bridgehead atoms. The molecule has 2 rings (SSSR count). The Morgan fingerprint density at radius 2 is 1.80 bits per heavy atom. The Labute approximate surface area is 118 Å². The number of likely N-dealkylation sites (tertiary alicyclic amines) is 1. The number of ether oxygens (including phenoxy) is 1. The van der Waals surface area contributed by atoms with Crippen LogP contribution in [0.15, 0.2) is 30.3 Å². The highest BCUT2D eigenvalue weighted by molar-refractivity contribution is 5.85. The number of para-hydroxylation sites is 1. The van der Waals surface area contributed by atoms with Crippen molar-refractivity contribution in [1.82, 2.24) is 10.2 Å². The maximum Gasteiger partial charge on any atom is 0.258 e. The number of rotatable bonds is 5. The van der Waals surface area contributed by atoms with Crippen molar-refractivity contribution in [3.05, 3.63) is 30.3 Å². The van der Waals surface area contributed by atoms with Gasteiger partial charge < -0.3 is 15.0 Å². The number of piperidine rings is 1. The average Bonchev–Trinajstić information content (AvgIpc) is 2.52. The molecule has 108 valence electrons. The zero-order chi connectivity index (χ0) is 14.2. The lowest BCUT2D eigenvalue weighted by atomic mass is 10.1. The monoisotopic (exact) mass is 276 g/mol. The highest BCUT2D eigenvalue weighted by Gasteiger charge is 2.16. The largest absolute Gasteiger partial charge is 0.484 e. The van der Waals surface area contributed by atoms with Crippen molar-refractivity contribution in [2.24, 2.45) is 0 Å². The first kappa shape index (κ1) is 14.4. The Morgan fingerprint density at radius 3 is 2.50 bits per heavy atom. The summed E-state index contributed by atoms with van der Waals surface area (Å²) >= 11 is 0. The van der Waals surface area contributed by atoms with E-state index in [0.717, 1.165) is 25.9 Å². The molecule has 1 saturated heterocycles. The van der Waals surface area contributed by atoms with Gasteiger partial charge in [-0.2, -0.15) is 0 Å². The van der Waals surface area contributed by atoms with Gasteiger partial charge in [-0.05, 0) is 31.4 Å². The van der Waals surface area contributed by atoms with Crippen LogP contribution in [0.25, 0.3) is 0 Å². The number of amides is 2. The second kappa shape index (κ2) is 7.53. The molecule has 1 heterocycles. The minimum absolute atomic E-state index is 0.0160. The van der Waals surface area contributed by atoms with E-state index in [4.69, 9.17) is 4.74 Å². The predicted octanol–water partition coefficient (Wildman–Crippen LogP) is 1.19. The van der Waals surface area contributed by atoms with E-state index < -0.39 is 0 Å². The Bertz CT molecular complexity index is 442. The van der Waals surface area contributed by atoms with Crippen LogP contribution in [0.5, 0.6) is 5.75 Å². The van der Waals surface area contributed by atoms with E-state index in [1.807, 2.05) is 23.1 Å². The van der Waals surface area contributed by atoms with Gasteiger partial charge in [-0.25, -0.2) is 0 Å². The molecule has 20 heavy (non-hydrogen) atoms. The van der Waals surface area contributed by atoms with Crippen LogP contribution in [0.2, 0.25) is 0 Å². The lowest BCUT2D eigenvalue weighted by Crippen LogP contribution is -2.43. The molecule has 0 spiro atoms. The van der Waals surface area contributed by atoms with Crippen LogP contribution < -0.4 is 10.1 Å². The molecule has 0 aliphatic carbocycles. The summed E-state index contributed by atoms with van der Waals surface area (Å²) in [4.78, 5) is 25.3. The highest BCUT2D eigenvalue weighted by Crippen LogP contribution is 2.08. The van der Waals surface area contributed by atoms with Gasteiger partial charge in [-0.3, -0.25) is 9.59 Å². The van der Waals surface area contributed by atoms with E-state index in [1.165, 1.54) is 6.42 Å². The predicted molar refractivity (Wildman–Crippen MR) is 75.4 cm³/mol. The van der Waals surface area contributed by atoms with E-state index in [0.29, 0.717) is 5.75 Å². The first-order valence-corrected chi connectivity index (χ1v) is 6.98. The van der Waals surface area contributed by atoms with Gasteiger partial charge in [0.05, 0.1) is 6.54 Å². The van der Waals surface area contributed by atoms with Crippen LogP contribution in [-0.4, -0.2) is 43.0 Å². The molecular formula is C15H20N2O3. The molecule has 0 saturated carbocycles. The van der Waals surface area contributed by atoms with Crippen molar-refractivity contribution in [2.75, 3.05) is 26.2 Å². The van der Waals surface area contributed by atoms with E-state index in [-0.39, 0.29) is 25.0 Å². The van der Waals surface area contributed by atoms with Gasteiger partial charge in [0.25, 0.3) is 5.91 Å². The SMILES string of the molecule is O=C(COc1ccccc1)NCC(=O)N1CCCCC1. The van der Waals surface area contributed by atoms with Crippen LogP contribution in [0.3, 0.4) is 0 Å². The number of nitrogens with zero attached hydrogens (tertiary/aromatic N) is 1. The van der Waals surface area contributed by atoms with Crippen molar-refractivity contribution >= 4 is 11.8 Å². The topological polar surface area (TPSA) is 58.6 Å². The summed E-state index contributed by atoms with van der Waals surface area (Å²) in [6.07, 6.45) is 3.29. The molecule has 0 unspecified atom stereocenters. The third kappa shape index (κ3) is 4.57. The highest BCUT2D eigenvalue weighted by atomic mass is 16.5. The van der Waals surface area contributed by atoms with E-state index in [1.54, 1.807) is 12.1 Å². The smallest absolute Gasteiger partial charge is 0.258 e. The Kier molecular flexibility index (Phi) is 5.41. The molecule has 0 radical (unpaired) electrons. The van der Waals surface area contributed by atoms with Crippen LogP contribution in [0, 0.1) is 0 Å². The van der Waals surface area contributed by atoms with Crippen molar-refractivity contribution in [3.63, 3.8) is 0 Å². The van der Waals surface area contributed by atoms with Crippen LogP contribution in [0.4, 0.5) is 0 Å². The first-order valence-electron chi connectivity index (χ1n) is 6.98. The van der Waals surface area contributed by atoms with E-state index in [9.17, 15) is 9.59 Å². The zero-order valence-corrected chi connectivity index (χ0v) is 11.5. The lowest BCUT2D eigenvalue weighted by Gasteiger charge is -2.26. The van der Waals surface area contributed by atoms with Gasteiger partial charge in [-0.1, -0.05) is 18.2 Å². The van der Waals surface area contributed by atoms with Gasteiger partial charge in [0.2, 0.25) is 5.91 Å². The second-order valence-electron chi connectivity index (χ2n) is 4.82. The molecule has 1 aromatic carbocycles. The molecule has 0 atom stereocenters. The summed E-state index contributed by atoms with van der Waals surface area (Å²) in [7, 11) is 0. The average molecular weight is 276 g/mol. The van der Waals surface area contributed by atoms with Gasteiger partial charge in [0, 0.05) is 13.1 Å². The second-order valence-corrected chi connectivity index (χ2v) is 4.82. The summed E-state index contributed by atoms with van der Waals surface area (Å²) in [6, 6.07) is 9.13. The zero-order valence-electron chi connectivity index (χ0n) is 11.5. The number of hydrogen-bond acceptors (Lipinski definition) is 3. The fourth-order valence-electron chi connectivity index (χ4n) is 2.15. The van der Waals surface area contributed by atoms with Gasteiger partial charge >= 0.3 is 0 Å². The molecule has 1 aromatic rings. The molecule has 5 heteroatoms. The minimum Gasteiger partial charge on any atom is -0.484 e. The Hall–Kier alpha value is -2.04. The fraction of sp³-hybridized carbons (Fsp3) is 0.467. The van der Waals surface area contributed by atoms with E-state index in [2.05, 4.69) is 5.32 Å². The maximum absolute atomic E-state index is 11.8. The molecular weight excluding hydrogens is 256 g/mol. The van der Waals surface area contributed by atoms with Gasteiger partial charge in [0.1, 0.15) is 5.75 Å². The minimum atomic E-state index is -0.279. The Balaban J connectivity index is 1.65. The number of hydrogen-bond donors (Lipinski definition) is 1. The van der Waals surface area contributed by atoms with Crippen molar-refractivity contribution in [1.29, 1.82) is 0 Å². The van der Waals surface area contributed by atoms with Crippen LogP contribution in [0.1, 0.15) is 19.3 Å². The number of carbonyl (C=O) groups excluding carboxylic acids is 2. The standard InChI is InChI=1S/C15H20N2O3/c18-14(12-20-13-7-3-1-4-8-13)16-11-15(19)17-9-5-2-6-10-17/h1,3-4,7-8H,2,5-6,9-12H2,(H,16,18). The molecule has 1 aliphatic rings. The summed E-state index contributed by atoms with van der Waals surface area (Å²) in [6.45, 7) is 1.58. The molecule has 0 aromatic heterocycles. The quantitative estimate of drug-likeness (QED) is 0.879. The molecule has 5 nitrogen and oxygen atoms in total. The summed E-state index contributed by atoms with van der Waals surface area (Å²) < 4.78 is 5.31. The first-order chi connectivity index (χ1) is 9.75. The summed E-state index contributed by atoms with van der Waals surface area (Å²) in [5, 5.41) is 2.59. The molecule has 2 amide bonds. The summed E-state index contributed by atoms with van der Waals surface area (Å²) in [5.74, 6) is 0.349. The third-order valence-electron chi connectivity index (χ3n) is 3.26. The van der Waals surface area contributed by atoms with E-state index >= 15 is 0 Å². The fourth-order valence-corrected chi connectivity index (χ4v) is 2.15. The maximum atomic E-state index is 11.8. The van der Waals surface area contributed by atoms with Crippen molar-refractivity contribution < 1.29 is 14.3 Å². The summed E-state index contributed by atoms with van der Waals surface area (Å²) in [5.41, 5.74) is 0. The van der Waals surface area contributed by atoms with Crippen LogP contribution >= 0.6 is 0 Å². The van der Waals surface area contributed by atoms with Gasteiger partial charge in [0.15, 0.2) is 6.61 Å². The number of nitrogens with one attached hydrogen (secondary N) is 1. The molecule has 1 aliphatic heterocycles. The molecule has 1 fully saturated rings. The van der Waals surface area contributed by atoms with Crippen LogP contribution in [-0.2, 0) is 9.59 Å². The Morgan fingerprint density at radius 1 is 1.10 bits per heavy atom. The normalized spacial score (nSPS) is 14.7.